The third-order valence-corrected chi connectivity index (χ3v) is 11.2. The van der Waals surface area contributed by atoms with Crippen molar-refractivity contribution in [3.05, 3.63) is 117 Å². The predicted molar refractivity (Wildman–Crippen MR) is 181 cm³/mol. The fourth-order valence-electron chi connectivity index (χ4n) is 6.41. The highest BCUT2D eigenvalue weighted by atomic mass is 32.2. The van der Waals surface area contributed by atoms with E-state index in [2.05, 4.69) is 5.32 Å². The summed E-state index contributed by atoms with van der Waals surface area (Å²) in [5, 5.41) is 3.83. The maximum absolute atomic E-state index is 14.2. The van der Waals surface area contributed by atoms with Gasteiger partial charge in [0.1, 0.15) is 11.8 Å². The lowest BCUT2D eigenvalue weighted by atomic mass is 9.83. The van der Waals surface area contributed by atoms with Crippen LogP contribution in [0.5, 0.6) is 0 Å². The van der Waals surface area contributed by atoms with Crippen LogP contribution >= 0.6 is 23.1 Å². The van der Waals surface area contributed by atoms with Crippen LogP contribution in [-0.4, -0.2) is 41.6 Å². The number of nitrogens with zero attached hydrogens (tertiary/aromatic N) is 3. The molecule has 0 aliphatic carbocycles. The van der Waals surface area contributed by atoms with Crippen molar-refractivity contribution < 1.29 is 27.6 Å². The molecule has 0 spiro atoms. The van der Waals surface area contributed by atoms with Crippen molar-refractivity contribution in [3.63, 3.8) is 0 Å². The van der Waals surface area contributed by atoms with E-state index in [4.69, 9.17) is 0 Å². The zero-order chi connectivity index (χ0) is 33.9. The Bertz CT molecular complexity index is 2150. The van der Waals surface area contributed by atoms with Gasteiger partial charge in [0.25, 0.3) is 0 Å². The van der Waals surface area contributed by atoms with E-state index in [0.29, 0.717) is 26.1 Å². The number of aromatic nitrogens is 1. The zero-order valence-electron chi connectivity index (χ0n) is 25.5. The minimum Gasteiger partial charge on any atom is -0.378 e. The van der Waals surface area contributed by atoms with Gasteiger partial charge in [-0.25, -0.2) is 4.90 Å². The molecule has 244 valence electrons. The highest BCUT2D eigenvalue weighted by Gasteiger charge is 2.57. The molecule has 1 saturated heterocycles. The van der Waals surface area contributed by atoms with Gasteiger partial charge in [0.05, 0.1) is 22.2 Å². The Morgan fingerprint density at radius 1 is 0.875 bits per heavy atom. The topological polar surface area (TPSA) is 91.7 Å². The quantitative estimate of drug-likeness (QED) is 0.203. The standard InChI is InChI=1S/C35H27F3N4O4S2/c1-40(2)21-16-14-20(15-17-21)27-28-29(32(45)42(31(28)44)25-13-6-5-11-23(25)35(36,37)38)47-33-30(27)48-34(46)41(33)18-26(43)39-24-12-7-9-19-8-3-4-10-22(19)24/h3-17,27-29H,18H2,1-2H3,(H,39,43)/t27-,28?,29?/m1/s1. The van der Waals surface area contributed by atoms with Crippen molar-refractivity contribution in [2.45, 2.75) is 28.9 Å². The number of alkyl halides is 3. The number of carbonyl (C=O) groups excluding carboxylic acids is 3. The van der Waals surface area contributed by atoms with Crippen molar-refractivity contribution in [2.24, 2.45) is 5.92 Å². The number of halogens is 3. The second-order valence-electron chi connectivity index (χ2n) is 11.8. The largest absolute Gasteiger partial charge is 0.418 e. The molecule has 1 N–H and O–H groups in total. The molecule has 48 heavy (non-hydrogen) atoms. The molecule has 3 atom stereocenters. The summed E-state index contributed by atoms with van der Waals surface area (Å²) in [7, 11) is 3.73. The first-order chi connectivity index (χ1) is 22.9. The number of benzene rings is 4. The van der Waals surface area contributed by atoms with E-state index < -0.39 is 57.1 Å². The summed E-state index contributed by atoms with van der Waals surface area (Å²) < 4.78 is 43.5. The molecule has 0 radical (unpaired) electrons. The van der Waals surface area contributed by atoms with Crippen molar-refractivity contribution in [2.75, 3.05) is 29.2 Å². The van der Waals surface area contributed by atoms with E-state index in [1.165, 1.54) is 16.7 Å². The number of carbonyl (C=O) groups is 3. The lowest BCUT2D eigenvalue weighted by molar-refractivity contribution is -0.137. The van der Waals surface area contributed by atoms with Crippen LogP contribution < -0.4 is 20.0 Å². The van der Waals surface area contributed by atoms with E-state index in [9.17, 15) is 32.3 Å². The monoisotopic (exact) mass is 688 g/mol. The number of hydrogen-bond donors (Lipinski definition) is 1. The smallest absolute Gasteiger partial charge is 0.378 e. The second-order valence-corrected chi connectivity index (χ2v) is 13.9. The van der Waals surface area contributed by atoms with Gasteiger partial charge in [0.15, 0.2) is 0 Å². The Labute approximate surface area is 280 Å². The number of rotatable bonds is 6. The molecule has 4 aromatic carbocycles. The Balaban J connectivity index is 1.30. The van der Waals surface area contributed by atoms with Crippen LogP contribution in [0.15, 0.2) is 101 Å². The number of amides is 3. The lowest BCUT2D eigenvalue weighted by Crippen LogP contribution is -2.33. The summed E-state index contributed by atoms with van der Waals surface area (Å²) in [6.45, 7) is -0.368. The van der Waals surface area contributed by atoms with Gasteiger partial charge >= 0.3 is 11.0 Å². The molecule has 1 aromatic heterocycles. The minimum atomic E-state index is -4.81. The van der Waals surface area contributed by atoms with Crippen molar-refractivity contribution in [3.8, 4) is 0 Å². The van der Waals surface area contributed by atoms with Crippen molar-refractivity contribution >= 4 is 68.7 Å². The molecule has 5 aromatic rings. The third kappa shape index (κ3) is 5.36. The number of anilines is 3. The Morgan fingerprint density at radius 2 is 1.56 bits per heavy atom. The van der Waals surface area contributed by atoms with Crippen LogP contribution in [0.1, 0.15) is 21.9 Å². The molecule has 2 unspecified atom stereocenters. The number of imide groups is 1. The van der Waals surface area contributed by atoms with Gasteiger partial charge in [-0.1, -0.05) is 83.8 Å². The SMILES string of the molecule is CN(C)c1ccc([C@H]2c3sc(=O)n(CC(=O)Nc4cccc5ccccc45)c3SC3C(=O)N(c4ccccc4C(F)(F)F)C(=O)C32)cc1. The molecular formula is C35H27F3N4O4S2. The second kappa shape index (κ2) is 12.0. The molecule has 0 bridgehead atoms. The van der Waals surface area contributed by atoms with Gasteiger partial charge in [-0.05, 0) is 41.3 Å². The number of nitrogens with one attached hydrogen (secondary N) is 1. The summed E-state index contributed by atoms with van der Waals surface area (Å²) in [6, 6.07) is 24.8. The first-order valence-electron chi connectivity index (χ1n) is 14.9. The third-order valence-electron chi connectivity index (χ3n) is 8.63. The summed E-state index contributed by atoms with van der Waals surface area (Å²) in [6.07, 6.45) is -4.81. The summed E-state index contributed by atoms with van der Waals surface area (Å²) in [5.41, 5.74) is 0.423. The zero-order valence-corrected chi connectivity index (χ0v) is 27.2. The Hall–Kier alpha value is -4.88. The molecule has 2 aliphatic rings. The molecule has 1 fully saturated rings. The maximum atomic E-state index is 14.2. The van der Waals surface area contributed by atoms with Crippen molar-refractivity contribution in [1.29, 1.82) is 0 Å². The fraction of sp³-hybridized carbons (Fsp3) is 0.200. The van der Waals surface area contributed by atoms with Crippen molar-refractivity contribution in [1.82, 2.24) is 4.57 Å². The fourth-order valence-corrected chi connectivity index (χ4v) is 9.18. The molecule has 13 heteroatoms. The van der Waals surface area contributed by atoms with Gasteiger partial charge in [-0.2, -0.15) is 13.2 Å². The van der Waals surface area contributed by atoms with Crippen LogP contribution in [-0.2, 0) is 27.1 Å². The molecule has 7 rings (SSSR count). The van der Waals surface area contributed by atoms with Crippen LogP contribution in [0.4, 0.5) is 30.2 Å². The van der Waals surface area contributed by atoms with Gasteiger partial charge in [0.2, 0.25) is 17.7 Å². The predicted octanol–water partition coefficient (Wildman–Crippen LogP) is 6.58. The first kappa shape index (κ1) is 31.7. The van der Waals surface area contributed by atoms with Gasteiger partial charge in [-0.3, -0.25) is 23.7 Å². The lowest BCUT2D eigenvalue weighted by Gasteiger charge is -2.31. The van der Waals surface area contributed by atoms with Crippen LogP contribution in [0, 0.1) is 5.92 Å². The average molecular weight is 689 g/mol. The van der Waals surface area contributed by atoms with Gasteiger partial charge in [0, 0.05) is 41.7 Å². The van der Waals surface area contributed by atoms with Crippen LogP contribution in [0.2, 0.25) is 0 Å². The van der Waals surface area contributed by atoms with E-state index in [1.54, 1.807) is 18.2 Å². The molecule has 3 heterocycles. The molecular weight excluding hydrogens is 662 g/mol. The van der Waals surface area contributed by atoms with Crippen LogP contribution in [0.25, 0.3) is 10.8 Å². The summed E-state index contributed by atoms with van der Waals surface area (Å²) in [5.74, 6) is -3.96. The minimum absolute atomic E-state index is 0.341. The molecule has 3 amide bonds. The Morgan fingerprint density at radius 3 is 2.29 bits per heavy atom. The van der Waals surface area contributed by atoms with E-state index in [-0.39, 0.29) is 6.54 Å². The van der Waals surface area contributed by atoms with E-state index >= 15 is 0 Å². The summed E-state index contributed by atoms with van der Waals surface area (Å²) >= 11 is 1.82. The molecule has 2 aliphatic heterocycles. The number of thiazole rings is 1. The highest BCUT2D eigenvalue weighted by molar-refractivity contribution is 8.00. The number of hydrogen-bond acceptors (Lipinski definition) is 7. The average Bonchev–Trinajstić information content (AvgIpc) is 3.50. The normalized spacial score (nSPS) is 18.9. The number of fused-ring (bicyclic) bond motifs is 3. The molecule has 0 saturated carbocycles. The van der Waals surface area contributed by atoms with Gasteiger partial charge < -0.3 is 10.2 Å². The van der Waals surface area contributed by atoms with Gasteiger partial charge in [-0.15, -0.1) is 0 Å². The highest BCUT2D eigenvalue weighted by Crippen LogP contribution is 2.54. The first-order valence-corrected chi connectivity index (χ1v) is 16.6. The van der Waals surface area contributed by atoms with Crippen LogP contribution in [0.3, 0.4) is 0 Å². The van der Waals surface area contributed by atoms with E-state index in [0.717, 1.165) is 51.7 Å². The number of para-hydroxylation sites is 1. The maximum Gasteiger partial charge on any atom is 0.418 e. The summed E-state index contributed by atoms with van der Waals surface area (Å²) in [4.78, 5) is 57.7. The number of thioether (sulfide) groups is 1. The molecule has 8 nitrogen and oxygen atoms in total. The van der Waals surface area contributed by atoms with E-state index in [1.807, 2.05) is 67.5 Å². The Kier molecular flexibility index (Phi) is 7.91.